The minimum atomic E-state index is -0.0611. The van der Waals surface area contributed by atoms with E-state index in [0.717, 1.165) is 71.9 Å². The van der Waals surface area contributed by atoms with Crippen LogP contribution in [0.2, 0.25) is 0 Å². The third kappa shape index (κ3) is 3.73. The SMILES string of the molecule is C=C=C(Nc1cnc2c(c1)C(c1cc3c(cn1)N=C(C)C3(C)C(C)C)=CC2)C1CCN(C)CC1. The van der Waals surface area contributed by atoms with Crippen LogP contribution in [0, 0.1) is 11.8 Å². The van der Waals surface area contributed by atoms with E-state index in [9.17, 15) is 0 Å². The number of aromatic nitrogens is 2. The van der Waals surface area contributed by atoms with E-state index < -0.39 is 0 Å². The summed E-state index contributed by atoms with van der Waals surface area (Å²) in [5.74, 6) is 0.922. The molecule has 2 aromatic heterocycles. The predicted octanol–water partition coefficient (Wildman–Crippen LogP) is 5.91. The molecule has 1 unspecified atom stereocenters. The van der Waals surface area contributed by atoms with E-state index in [1.807, 2.05) is 12.4 Å². The van der Waals surface area contributed by atoms with Crippen LogP contribution < -0.4 is 5.32 Å². The Hall–Kier alpha value is -3.01. The number of nitrogens with zero attached hydrogens (tertiary/aromatic N) is 4. The van der Waals surface area contributed by atoms with E-state index in [2.05, 4.69) is 75.5 Å². The lowest BCUT2D eigenvalue weighted by Crippen LogP contribution is -2.33. The lowest BCUT2D eigenvalue weighted by molar-refractivity contribution is 0.239. The number of likely N-dealkylation sites (tertiary alicyclic amines) is 1. The molecule has 0 radical (unpaired) electrons. The van der Waals surface area contributed by atoms with Gasteiger partial charge in [0.1, 0.15) is 0 Å². The van der Waals surface area contributed by atoms with Crippen molar-refractivity contribution in [2.75, 3.05) is 25.5 Å². The molecule has 0 amide bonds. The quantitative estimate of drug-likeness (QED) is 0.572. The molecule has 4 heterocycles. The van der Waals surface area contributed by atoms with Crippen LogP contribution in [-0.2, 0) is 11.8 Å². The fourth-order valence-electron chi connectivity index (χ4n) is 5.57. The Bertz CT molecular complexity index is 1240. The van der Waals surface area contributed by atoms with Gasteiger partial charge in [-0.3, -0.25) is 15.0 Å². The van der Waals surface area contributed by atoms with E-state index in [1.54, 1.807) is 0 Å². The van der Waals surface area contributed by atoms with E-state index in [1.165, 1.54) is 11.3 Å². The molecule has 1 N–H and O–H groups in total. The second-order valence-electron chi connectivity index (χ2n) is 10.5. The molecule has 1 atom stereocenters. The van der Waals surface area contributed by atoms with Gasteiger partial charge in [0, 0.05) is 34.6 Å². The molecular formula is C29H35N5. The molecule has 2 aliphatic heterocycles. The largest absolute Gasteiger partial charge is 0.351 e. The van der Waals surface area contributed by atoms with Gasteiger partial charge >= 0.3 is 0 Å². The third-order valence-electron chi connectivity index (χ3n) is 8.27. The van der Waals surface area contributed by atoms with Crippen LogP contribution in [0.1, 0.15) is 63.1 Å². The highest BCUT2D eigenvalue weighted by molar-refractivity contribution is 6.00. The van der Waals surface area contributed by atoms with Gasteiger partial charge in [-0.25, -0.2) is 0 Å². The van der Waals surface area contributed by atoms with Crippen LogP contribution >= 0.6 is 0 Å². The molecule has 0 spiro atoms. The first-order valence-corrected chi connectivity index (χ1v) is 12.4. The van der Waals surface area contributed by atoms with Gasteiger partial charge in [0.05, 0.1) is 40.9 Å². The number of piperidine rings is 1. The van der Waals surface area contributed by atoms with Crippen LogP contribution in [0.3, 0.4) is 0 Å². The highest BCUT2D eigenvalue weighted by Gasteiger charge is 2.40. The number of hydrogen-bond acceptors (Lipinski definition) is 5. The van der Waals surface area contributed by atoms with Crippen LogP contribution in [0.15, 0.2) is 53.6 Å². The van der Waals surface area contributed by atoms with Crippen LogP contribution in [0.4, 0.5) is 11.4 Å². The highest BCUT2D eigenvalue weighted by Crippen LogP contribution is 2.46. The van der Waals surface area contributed by atoms with Crippen molar-refractivity contribution in [2.24, 2.45) is 16.8 Å². The van der Waals surface area contributed by atoms with E-state index in [4.69, 9.17) is 15.0 Å². The number of nitrogens with one attached hydrogen (secondary N) is 1. The van der Waals surface area contributed by atoms with Crippen molar-refractivity contribution >= 4 is 22.7 Å². The van der Waals surface area contributed by atoms with Gasteiger partial charge in [-0.1, -0.05) is 26.5 Å². The Kier molecular flexibility index (Phi) is 5.79. The average Bonchev–Trinajstić information content (AvgIpc) is 3.36. The Balaban J connectivity index is 1.43. The zero-order chi connectivity index (χ0) is 24.0. The number of fused-ring (bicyclic) bond motifs is 2. The van der Waals surface area contributed by atoms with Crippen molar-refractivity contribution in [3.63, 3.8) is 0 Å². The Morgan fingerprint density at radius 3 is 2.68 bits per heavy atom. The maximum Gasteiger partial charge on any atom is 0.0854 e. The van der Waals surface area contributed by atoms with Crippen LogP contribution in [-0.4, -0.2) is 40.7 Å². The molecule has 176 valence electrons. The summed E-state index contributed by atoms with van der Waals surface area (Å²) >= 11 is 0. The van der Waals surface area contributed by atoms with E-state index in [0.29, 0.717) is 11.8 Å². The van der Waals surface area contributed by atoms with E-state index >= 15 is 0 Å². The summed E-state index contributed by atoms with van der Waals surface area (Å²) in [5, 5.41) is 3.59. The number of aliphatic imine (C=N–C) groups is 1. The number of allylic oxidation sites excluding steroid dienone is 2. The molecule has 1 saturated heterocycles. The molecule has 0 bridgehead atoms. The molecule has 0 saturated carbocycles. The van der Waals surface area contributed by atoms with E-state index in [-0.39, 0.29) is 5.41 Å². The number of pyridine rings is 2. The second-order valence-corrected chi connectivity index (χ2v) is 10.5. The summed E-state index contributed by atoms with van der Waals surface area (Å²) in [6.45, 7) is 15.2. The minimum Gasteiger partial charge on any atom is -0.351 e. The number of rotatable bonds is 5. The molecule has 3 aliphatic rings. The lowest BCUT2D eigenvalue weighted by Gasteiger charge is -2.31. The maximum absolute atomic E-state index is 4.84. The Morgan fingerprint density at radius 2 is 1.97 bits per heavy atom. The topological polar surface area (TPSA) is 53.4 Å². The van der Waals surface area contributed by atoms with Crippen molar-refractivity contribution in [3.05, 3.63) is 71.1 Å². The second kappa shape index (κ2) is 8.65. The molecule has 1 fully saturated rings. The van der Waals surface area contributed by atoms with Crippen molar-refractivity contribution in [3.8, 4) is 0 Å². The Labute approximate surface area is 203 Å². The van der Waals surface area contributed by atoms with Gasteiger partial charge in [0.2, 0.25) is 0 Å². The van der Waals surface area contributed by atoms with Gasteiger partial charge < -0.3 is 10.2 Å². The monoisotopic (exact) mass is 453 g/mol. The van der Waals surface area contributed by atoms with Gasteiger partial charge in [0.15, 0.2) is 0 Å². The standard InChI is InChI=1S/C29H35N5/c1-7-25(20-10-12-34(6)13-11-20)33-21-14-23-22(8-9-26(23)30-16-21)27-15-24-28(17-31-27)32-19(4)29(24,5)18(2)3/h8,14-18,20,33H,1,9-13H2,2-6H3. The fraction of sp³-hybridized carbons (Fsp3) is 0.448. The molecule has 5 heteroatoms. The summed E-state index contributed by atoms with van der Waals surface area (Å²) in [5.41, 5.74) is 13.0. The van der Waals surface area contributed by atoms with Crippen molar-refractivity contribution in [2.45, 2.75) is 52.4 Å². The summed E-state index contributed by atoms with van der Waals surface area (Å²) in [4.78, 5) is 16.8. The number of anilines is 1. The van der Waals surface area contributed by atoms with Crippen molar-refractivity contribution in [1.29, 1.82) is 0 Å². The van der Waals surface area contributed by atoms with Crippen molar-refractivity contribution < 1.29 is 0 Å². The molecule has 1 aliphatic carbocycles. The summed E-state index contributed by atoms with van der Waals surface area (Å²) < 4.78 is 0. The van der Waals surface area contributed by atoms with Crippen LogP contribution in [0.25, 0.3) is 5.57 Å². The zero-order valence-corrected chi connectivity index (χ0v) is 21.1. The smallest absolute Gasteiger partial charge is 0.0854 e. The van der Waals surface area contributed by atoms with Gasteiger partial charge in [-0.2, -0.15) is 0 Å². The first kappa shape index (κ1) is 22.8. The molecular weight excluding hydrogens is 418 g/mol. The lowest BCUT2D eigenvalue weighted by atomic mass is 9.71. The fourth-order valence-corrected chi connectivity index (χ4v) is 5.57. The van der Waals surface area contributed by atoms with Gasteiger partial charge in [-0.05, 0) is 70.4 Å². The molecule has 5 nitrogen and oxygen atoms in total. The van der Waals surface area contributed by atoms with Crippen LogP contribution in [0.5, 0.6) is 0 Å². The minimum absolute atomic E-state index is 0.0611. The Morgan fingerprint density at radius 1 is 1.21 bits per heavy atom. The first-order chi connectivity index (χ1) is 16.3. The summed E-state index contributed by atoms with van der Waals surface area (Å²) in [6.07, 6.45) is 9.21. The van der Waals surface area contributed by atoms with Gasteiger partial charge in [0.25, 0.3) is 0 Å². The summed E-state index contributed by atoms with van der Waals surface area (Å²) in [7, 11) is 2.18. The predicted molar refractivity (Wildman–Crippen MR) is 141 cm³/mol. The van der Waals surface area contributed by atoms with Crippen molar-refractivity contribution in [1.82, 2.24) is 14.9 Å². The zero-order valence-electron chi connectivity index (χ0n) is 21.1. The normalized spacial score (nSPS) is 22.2. The average molecular weight is 454 g/mol. The first-order valence-electron chi connectivity index (χ1n) is 12.4. The molecule has 0 aromatic carbocycles. The molecule has 2 aromatic rings. The molecule has 34 heavy (non-hydrogen) atoms. The van der Waals surface area contributed by atoms with Gasteiger partial charge in [-0.15, -0.1) is 5.73 Å². The maximum atomic E-state index is 4.84. The molecule has 5 rings (SSSR count). The number of hydrogen-bond donors (Lipinski definition) is 1. The third-order valence-corrected chi connectivity index (χ3v) is 8.27. The highest BCUT2D eigenvalue weighted by atomic mass is 15.1. The summed E-state index contributed by atoms with van der Waals surface area (Å²) in [6, 6.07) is 4.47.